The van der Waals surface area contributed by atoms with E-state index in [9.17, 15) is 4.79 Å². The molecular weight excluding hydrogens is 264 g/mol. The molecule has 0 bridgehead atoms. The van der Waals surface area contributed by atoms with Gasteiger partial charge in [-0.15, -0.1) is 0 Å². The Hall–Kier alpha value is -2.07. The van der Waals surface area contributed by atoms with Crippen LogP contribution >= 0.6 is 0 Å². The summed E-state index contributed by atoms with van der Waals surface area (Å²) in [4.78, 5) is 12.4. The van der Waals surface area contributed by atoms with E-state index in [-0.39, 0.29) is 11.9 Å². The number of furan rings is 1. The standard InChI is InChI=1S/C17H18N2O2/c1-10-6-7-15(21-10)17(20)19-16-12-5-3-2-4-11(12)13-8-18-9-14(13)16/h2-7,13-14,16,18H,8-9H2,1H3,(H,19,20)/t13-,14-,16+/m0/s1. The fraction of sp³-hybridized carbons (Fsp3) is 0.353. The molecular formula is C17H18N2O2. The van der Waals surface area contributed by atoms with E-state index in [1.165, 1.54) is 11.1 Å². The average Bonchev–Trinajstić information content (AvgIpc) is 3.17. The lowest BCUT2D eigenvalue weighted by Crippen LogP contribution is -2.32. The number of hydrogen-bond acceptors (Lipinski definition) is 3. The van der Waals surface area contributed by atoms with Gasteiger partial charge in [0, 0.05) is 24.9 Å². The highest BCUT2D eigenvalue weighted by molar-refractivity contribution is 5.91. The molecule has 1 fully saturated rings. The molecule has 2 aliphatic rings. The normalized spacial score (nSPS) is 26.4. The fourth-order valence-electron chi connectivity index (χ4n) is 3.71. The van der Waals surface area contributed by atoms with Crippen LogP contribution in [0.4, 0.5) is 0 Å². The minimum Gasteiger partial charge on any atom is -0.456 e. The van der Waals surface area contributed by atoms with Crippen LogP contribution in [-0.2, 0) is 0 Å². The van der Waals surface area contributed by atoms with Crippen LogP contribution in [0.3, 0.4) is 0 Å². The molecule has 2 aromatic rings. The number of carbonyl (C=O) groups is 1. The number of hydrogen-bond donors (Lipinski definition) is 2. The molecule has 3 atom stereocenters. The number of carbonyl (C=O) groups excluding carboxylic acids is 1. The minimum atomic E-state index is -0.129. The summed E-state index contributed by atoms with van der Waals surface area (Å²) in [7, 11) is 0. The second-order valence-corrected chi connectivity index (χ2v) is 5.92. The first kappa shape index (κ1) is 12.7. The topological polar surface area (TPSA) is 54.3 Å². The molecule has 21 heavy (non-hydrogen) atoms. The lowest BCUT2D eigenvalue weighted by atomic mass is 9.94. The van der Waals surface area contributed by atoms with Gasteiger partial charge in [-0.2, -0.15) is 0 Å². The smallest absolute Gasteiger partial charge is 0.287 e. The van der Waals surface area contributed by atoms with Gasteiger partial charge < -0.3 is 15.1 Å². The van der Waals surface area contributed by atoms with Crippen molar-refractivity contribution in [3.63, 3.8) is 0 Å². The van der Waals surface area contributed by atoms with Crippen molar-refractivity contribution in [2.75, 3.05) is 13.1 Å². The number of aryl methyl sites for hydroxylation is 1. The Balaban J connectivity index is 1.64. The molecule has 0 unspecified atom stereocenters. The summed E-state index contributed by atoms with van der Waals surface area (Å²) < 4.78 is 5.43. The zero-order chi connectivity index (χ0) is 14.4. The van der Waals surface area contributed by atoms with Crippen LogP contribution in [0.25, 0.3) is 0 Å². The third-order valence-electron chi connectivity index (χ3n) is 4.67. The average molecular weight is 282 g/mol. The van der Waals surface area contributed by atoms with Crippen LogP contribution in [0, 0.1) is 12.8 Å². The molecule has 1 aliphatic heterocycles. The predicted molar refractivity (Wildman–Crippen MR) is 79.2 cm³/mol. The molecule has 1 aliphatic carbocycles. The SMILES string of the molecule is Cc1ccc(C(=O)N[C@@H]2c3ccccc3[C@@H]3CNC[C@H]23)o1. The molecule has 0 spiro atoms. The number of benzene rings is 1. The van der Waals surface area contributed by atoms with E-state index in [1.54, 1.807) is 6.07 Å². The molecule has 1 aromatic carbocycles. The highest BCUT2D eigenvalue weighted by Crippen LogP contribution is 2.46. The third kappa shape index (κ3) is 1.98. The molecule has 1 amide bonds. The molecule has 108 valence electrons. The molecule has 4 nitrogen and oxygen atoms in total. The molecule has 4 rings (SSSR count). The Morgan fingerprint density at radius 3 is 2.76 bits per heavy atom. The molecule has 2 heterocycles. The van der Waals surface area contributed by atoms with Crippen molar-refractivity contribution >= 4 is 5.91 Å². The van der Waals surface area contributed by atoms with E-state index >= 15 is 0 Å². The molecule has 0 saturated carbocycles. The highest BCUT2D eigenvalue weighted by atomic mass is 16.3. The summed E-state index contributed by atoms with van der Waals surface area (Å²) in [6, 6.07) is 12.1. The van der Waals surface area contributed by atoms with Gasteiger partial charge in [0.15, 0.2) is 5.76 Å². The zero-order valence-corrected chi connectivity index (χ0v) is 11.9. The maximum Gasteiger partial charge on any atom is 0.287 e. The van der Waals surface area contributed by atoms with Crippen LogP contribution in [0.1, 0.15) is 39.4 Å². The van der Waals surface area contributed by atoms with Crippen LogP contribution in [0.5, 0.6) is 0 Å². The second kappa shape index (κ2) is 4.74. The van der Waals surface area contributed by atoms with Crippen molar-refractivity contribution in [2.45, 2.75) is 18.9 Å². The molecule has 0 radical (unpaired) electrons. The van der Waals surface area contributed by atoms with Gasteiger partial charge in [0.25, 0.3) is 5.91 Å². The van der Waals surface area contributed by atoms with Gasteiger partial charge in [-0.25, -0.2) is 0 Å². The summed E-state index contributed by atoms with van der Waals surface area (Å²) in [5.74, 6) is 1.95. The zero-order valence-electron chi connectivity index (χ0n) is 11.9. The van der Waals surface area contributed by atoms with E-state index in [2.05, 4.69) is 28.8 Å². The number of nitrogens with one attached hydrogen (secondary N) is 2. The van der Waals surface area contributed by atoms with Crippen molar-refractivity contribution in [3.8, 4) is 0 Å². The first-order chi connectivity index (χ1) is 10.2. The molecule has 4 heteroatoms. The van der Waals surface area contributed by atoms with Gasteiger partial charge in [0.2, 0.25) is 0 Å². The van der Waals surface area contributed by atoms with Crippen LogP contribution in [0.15, 0.2) is 40.8 Å². The van der Waals surface area contributed by atoms with Crippen molar-refractivity contribution in [1.82, 2.24) is 10.6 Å². The van der Waals surface area contributed by atoms with Crippen molar-refractivity contribution in [2.24, 2.45) is 5.92 Å². The van der Waals surface area contributed by atoms with Gasteiger partial charge in [0.1, 0.15) is 5.76 Å². The summed E-state index contributed by atoms with van der Waals surface area (Å²) in [5, 5.41) is 6.60. The van der Waals surface area contributed by atoms with E-state index in [4.69, 9.17) is 4.42 Å². The quantitative estimate of drug-likeness (QED) is 0.889. The summed E-state index contributed by atoms with van der Waals surface area (Å²) >= 11 is 0. The Labute approximate surface area is 123 Å². The largest absolute Gasteiger partial charge is 0.456 e. The van der Waals surface area contributed by atoms with Gasteiger partial charge in [0.05, 0.1) is 6.04 Å². The Morgan fingerprint density at radius 1 is 1.19 bits per heavy atom. The van der Waals surface area contributed by atoms with Gasteiger partial charge in [-0.1, -0.05) is 24.3 Å². The summed E-state index contributed by atoms with van der Waals surface area (Å²) in [6.07, 6.45) is 0. The Bertz CT molecular complexity index is 692. The van der Waals surface area contributed by atoms with E-state index in [0.29, 0.717) is 17.6 Å². The lowest BCUT2D eigenvalue weighted by molar-refractivity contribution is 0.0896. The molecule has 2 N–H and O–H groups in total. The second-order valence-electron chi connectivity index (χ2n) is 5.92. The van der Waals surface area contributed by atoms with Gasteiger partial charge in [-0.3, -0.25) is 4.79 Å². The van der Waals surface area contributed by atoms with Crippen molar-refractivity contribution in [1.29, 1.82) is 0 Å². The minimum absolute atomic E-state index is 0.0686. The maximum atomic E-state index is 12.4. The first-order valence-corrected chi connectivity index (χ1v) is 7.41. The first-order valence-electron chi connectivity index (χ1n) is 7.41. The van der Waals surface area contributed by atoms with Gasteiger partial charge in [-0.05, 0) is 30.2 Å². The number of amides is 1. The Morgan fingerprint density at radius 2 is 2.00 bits per heavy atom. The summed E-state index contributed by atoms with van der Waals surface area (Å²) in [5.41, 5.74) is 2.62. The van der Waals surface area contributed by atoms with E-state index in [0.717, 1.165) is 18.8 Å². The summed E-state index contributed by atoms with van der Waals surface area (Å²) in [6.45, 7) is 3.79. The third-order valence-corrected chi connectivity index (χ3v) is 4.67. The van der Waals surface area contributed by atoms with Crippen LogP contribution in [-0.4, -0.2) is 19.0 Å². The van der Waals surface area contributed by atoms with Crippen molar-refractivity contribution in [3.05, 3.63) is 59.0 Å². The fourth-order valence-corrected chi connectivity index (χ4v) is 3.71. The Kier molecular flexibility index (Phi) is 2.86. The molecule has 1 aromatic heterocycles. The van der Waals surface area contributed by atoms with Crippen LogP contribution in [0.2, 0.25) is 0 Å². The van der Waals surface area contributed by atoms with Crippen molar-refractivity contribution < 1.29 is 9.21 Å². The highest BCUT2D eigenvalue weighted by Gasteiger charge is 2.43. The predicted octanol–water partition coefficient (Wildman–Crippen LogP) is 2.38. The lowest BCUT2D eigenvalue weighted by Gasteiger charge is -2.20. The van der Waals surface area contributed by atoms with Gasteiger partial charge >= 0.3 is 0 Å². The maximum absolute atomic E-state index is 12.4. The van der Waals surface area contributed by atoms with Crippen LogP contribution < -0.4 is 10.6 Å². The number of fused-ring (bicyclic) bond motifs is 3. The van der Waals surface area contributed by atoms with E-state index in [1.807, 2.05) is 19.1 Å². The molecule has 1 saturated heterocycles. The van der Waals surface area contributed by atoms with E-state index < -0.39 is 0 Å². The number of rotatable bonds is 2. The monoisotopic (exact) mass is 282 g/mol.